The fraction of sp³-hybridized carbons (Fsp3) is 0.625. The van der Waals surface area contributed by atoms with E-state index in [4.69, 9.17) is 9.78 Å². The first kappa shape index (κ1) is 19.4. The molecule has 2 heterocycles. The van der Waals surface area contributed by atoms with E-state index in [0.29, 0.717) is 23.2 Å². The third-order valence-corrected chi connectivity index (χ3v) is 6.85. The van der Waals surface area contributed by atoms with Crippen LogP contribution in [0.25, 0.3) is 0 Å². The molecule has 1 aromatic heterocycles. The van der Waals surface area contributed by atoms with Gasteiger partial charge in [-0.25, -0.2) is 4.79 Å². The van der Waals surface area contributed by atoms with Crippen LogP contribution in [0.15, 0.2) is 6.20 Å². The second-order valence-electron chi connectivity index (χ2n) is 5.65. The summed E-state index contributed by atoms with van der Waals surface area (Å²) in [5.41, 5.74) is 1.26. The summed E-state index contributed by atoms with van der Waals surface area (Å²) in [6.07, 6.45) is 6.02. The van der Waals surface area contributed by atoms with Crippen molar-refractivity contribution in [2.75, 3.05) is 5.75 Å². The highest BCUT2D eigenvalue weighted by atomic mass is 33.1. The molecule has 1 atom stereocenters. The molecule has 1 saturated heterocycles. The van der Waals surface area contributed by atoms with Crippen molar-refractivity contribution in [3.05, 3.63) is 23.0 Å². The topological polar surface area (TPSA) is 88.9 Å². The maximum Gasteiger partial charge on any atom is 0.342 e. The number of aliphatic hydroxyl groups is 1. The number of carbonyl (C=O) groups excluding carboxylic acids is 1. The lowest BCUT2D eigenvalue weighted by Crippen LogP contribution is -2.08. The third-order valence-electron chi connectivity index (χ3n) is 3.84. The van der Waals surface area contributed by atoms with E-state index in [1.165, 1.54) is 18.4 Å². The minimum Gasteiger partial charge on any atom is -0.506 e. The number of carbonyl (C=O) groups is 1. The first-order valence-corrected chi connectivity index (χ1v) is 10.4. The Morgan fingerprint density at radius 2 is 2.29 bits per heavy atom. The summed E-state index contributed by atoms with van der Waals surface area (Å²) in [5, 5.41) is 19.9. The van der Waals surface area contributed by atoms with Gasteiger partial charge in [-0.3, -0.25) is 9.87 Å². The van der Waals surface area contributed by atoms with E-state index in [1.54, 1.807) is 6.92 Å². The monoisotopic (exact) mass is 373 g/mol. The number of aromatic hydroxyl groups is 1. The van der Waals surface area contributed by atoms with Gasteiger partial charge in [0.05, 0.1) is 12.3 Å². The first-order valence-electron chi connectivity index (χ1n) is 7.99. The van der Waals surface area contributed by atoms with Crippen molar-refractivity contribution in [3.63, 3.8) is 0 Å². The van der Waals surface area contributed by atoms with E-state index in [-0.39, 0.29) is 19.0 Å². The van der Waals surface area contributed by atoms with E-state index < -0.39 is 5.97 Å². The van der Waals surface area contributed by atoms with Gasteiger partial charge in [-0.05, 0) is 26.2 Å². The minimum atomic E-state index is -0.404. The highest BCUT2D eigenvalue weighted by Crippen LogP contribution is 2.39. The molecule has 0 saturated carbocycles. The number of aliphatic hydroxyl groups excluding tert-OH is 1. The van der Waals surface area contributed by atoms with Crippen molar-refractivity contribution in [2.24, 2.45) is 0 Å². The zero-order valence-corrected chi connectivity index (χ0v) is 15.3. The van der Waals surface area contributed by atoms with Crippen LogP contribution in [0.3, 0.4) is 0 Å². The van der Waals surface area contributed by atoms with Gasteiger partial charge in [0.2, 0.25) is 0 Å². The van der Waals surface area contributed by atoms with E-state index in [0.717, 1.165) is 24.5 Å². The molecule has 6 nitrogen and oxygen atoms in total. The van der Waals surface area contributed by atoms with Crippen LogP contribution in [0, 0.1) is 6.92 Å². The molecule has 0 bridgehead atoms. The van der Waals surface area contributed by atoms with Gasteiger partial charge in [0.15, 0.2) is 0 Å². The molecule has 0 aromatic carbocycles. The molecule has 0 radical (unpaired) electrons. The summed E-state index contributed by atoms with van der Waals surface area (Å²) in [4.78, 5) is 25.3. The summed E-state index contributed by atoms with van der Waals surface area (Å²) >= 11 is 0. The predicted octanol–water partition coefficient (Wildman–Crippen LogP) is 3.28. The predicted molar refractivity (Wildman–Crippen MR) is 94.4 cm³/mol. The van der Waals surface area contributed by atoms with E-state index in [2.05, 4.69) is 4.98 Å². The molecule has 24 heavy (non-hydrogen) atoms. The van der Waals surface area contributed by atoms with E-state index in [9.17, 15) is 15.0 Å². The Bertz CT molecular complexity index is 550. The van der Waals surface area contributed by atoms with E-state index >= 15 is 0 Å². The fourth-order valence-electron chi connectivity index (χ4n) is 2.39. The van der Waals surface area contributed by atoms with Gasteiger partial charge in [-0.15, -0.1) is 0 Å². The number of hydrogen-bond acceptors (Lipinski definition) is 8. The lowest BCUT2D eigenvalue weighted by atomic mass is 10.1. The fourth-order valence-corrected chi connectivity index (χ4v) is 5.42. The lowest BCUT2D eigenvalue weighted by Gasteiger charge is -2.10. The van der Waals surface area contributed by atoms with Crippen molar-refractivity contribution in [1.82, 2.24) is 4.98 Å². The molecule has 8 heteroatoms. The smallest absolute Gasteiger partial charge is 0.342 e. The first-order chi connectivity index (χ1) is 11.6. The average Bonchev–Trinajstić information content (AvgIpc) is 3.08. The number of aromatic nitrogens is 1. The van der Waals surface area contributed by atoms with Crippen LogP contribution >= 0.6 is 21.6 Å². The number of hydrogen-bond donors (Lipinski definition) is 2. The van der Waals surface area contributed by atoms with Gasteiger partial charge in [0.25, 0.3) is 0 Å². The Kier molecular flexibility index (Phi) is 8.17. The van der Waals surface area contributed by atoms with Crippen molar-refractivity contribution in [3.8, 4) is 5.75 Å². The highest BCUT2D eigenvalue weighted by molar-refractivity contribution is 8.77. The van der Waals surface area contributed by atoms with Crippen LogP contribution < -0.4 is 0 Å². The second-order valence-corrected chi connectivity index (χ2v) is 8.43. The lowest BCUT2D eigenvalue weighted by molar-refractivity contribution is -0.280. The summed E-state index contributed by atoms with van der Waals surface area (Å²) < 4.78 is 0. The van der Waals surface area contributed by atoms with Gasteiger partial charge in [-0.1, -0.05) is 28.0 Å². The number of nitrogens with zero attached hydrogens (tertiary/aromatic N) is 1. The van der Waals surface area contributed by atoms with Gasteiger partial charge in [0.1, 0.15) is 12.4 Å². The third kappa shape index (κ3) is 5.84. The molecule has 1 aliphatic heterocycles. The Balaban J connectivity index is 1.64. The molecule has 2 rings (SSSR count). The van der Waals surface area contributed by atoms with Crippen molar-refractivity contribution >= 4 is 27.6 Å². The van der Waals surface area contributed by atoms with Crippen LogP contribution in [-0.4, -0.2) is 32.2 Å². The van der Waals surface area contributed by atoms with Crippen molar-refractivity contribution in [1.29, 1.82) is 0 Å². The molecule has 134 valence electrons. The van der Waals surface area contributed by atoms with Crippen molar-refractivity contribution in [2.45, 2.75) is 57.5 Å². The van der Waals surface area contributed by atoms with Crippen LogP contribution in [0.2, 0.25) is 0 Å². The molecular formula is C16H23NO5S2. The Morgan fingerprint density at radius 3 is 3.00 bits per heavy atom. The van der Waals surface area contributed by atoms with Crippen LogP contribution in [0.1, 0.15) is 48.9 Å². The molecule has 0 spiro atoms. The Hall–Kier alpha value is -0.960. The number of unbranched alkanes of at least 4 members (excludes halogenated alkanes) is 1. The summed E-state index contributed by atoms with van der Waals surface area (Å²) in [6, 6.07) is 0. The normalized spacial score (nSPS) is 17.2. The minimum absolute atomic E-state index is 0.0571. The van der Waals surface area contributed by atoms with Gasteiger partial charge in [0, 0.05) is 34.7 Å². The maximum absolute atomic E-state index is 11.6. The van der Waals surface area contributed by atoms with E-state index in [1.807, 2.05) is 21.6 Å². The second kappa shape index (κ2) is 10.1. The summed E-state index contributed by atoms with van der Waals surface area (Å²) in [5.74, 6) is 0.760. The van der Waals surface area contributed by atoms with Gasteiger partial charge >= 0.3 is 5.97 Å². The number of aryl methyl sites for hydroxylation is 1. The zero-order chi connectivity index (χ0) is 17.4. The Labute approximate surface area is 149 Å². The van der Waals surface area contributed by atoms with Gasteiger partial charge < -0.3 is 10.2 Å². The number of pyridine rings is 1. The van der Waals surface area contributed by atoms with Crippen molar-refractivity contribution < 1.29 is 24.8 Å². The van der Waals surface area contributed by atoms with Crippen LogP contribution in [-0.2, 0) is 27.8 Å². The molecule has 0 unspecified atom stereocenters. The molecule has 1 aromatic rings. The highest BCUT2D eigenvalue weighted by Gasteiger charge is 2.16. The van der Waals surface area contributed by atoms with Crippen LogP contribution in [0.5, 0.6) is 5.75 Å². The standard InChI is InChI=1S/C16H23NO5S2/c1-11-16(20)14(9-18)12(8-17-11)10-21-22-15(19)5-3-2-4-13-6-7-23-24-13/h8,13,18,20H,2-7,9-10H2,1H3/t13-/m1/s1. The average molecular weight is 373 g/mol. The SMILES string of the molecule is Cc1ncc(COOC(=O)CCCC[C@@H]2CCSS2)c(CO)c1O. The van der Waals surface area contributed by atoms with Crippen LogP contribution in [0.4, 0.5) is 0 Å². The molecule has 1 aliphatic rings. The zero-order valence-electron chi connectivity index (χ0n) is 13.7. The molecule has 2 N–H and O–H groups in total. The number of rotatable bonds is 9. The largest absolute Gasteiger partial charge is 0.506 e. The maximum atomic E-state index is 11.6. The molecular weight excluding hydrogens is 350 g/mol. The van der Waals surface area contributed by atoms with Gasteiger partial charge in [-0.2, -0.15) is 4.89 Å². The molecule has 0 amide bonds. The molecule has 0 aliphatic carbocycles. The Morgan fingerprint density at radius 1 is 1.46 bits per heavy atom. The summed E-state index contributed by atoms with van der Waals surface area (Å²) in [6.45, 7) is 1.25. The summed E-state index contributed by atoms with van der Waals surface area (Å²) in [7, 11) is 3.87. The molecule has 1 fully saturated rings. The quantitative estimate of drug-likeness (QED) is 0.295.